The zero-order valence-electron chi connectivity index (χ0n) is 9.69. The van der Waals surface area contributed by atoms with Crippen LogP contribution in [0.2, 0.25) is 0 Å². The standard InChI is InChI=1S/C13H18NO2/c1-15-12-8-6-11(7-9-12)10-14-16-13-4-2-3-5-13/h6-9,13H,2-5,10H2,1H3. The molecule has 1 fully saturated rings. The lowest BCUT2D eigenvalue weighted by molar-refractivity contribution is -0.0315. The highest BCUT2D eigenvalue weighted by Crippen LogP contribution is 2.20. The third-order valence-corrected chi connectivity index (χ3v) is 2.93. The van der Waals surface area contributed by atoms with Gasteiger partial charge in [-0.2, -0.15) is 0 Å². The van der Waals surface area contributed by atoms with Crippen molar-refractivity contribution in [3.05, 3.63) is 29.8 Å². The van der Waals surface area contributed by atoms with E-state index < -0.39 is 0 Å². The van der Waals surface area contributed by atoms with Crippen LogP contribution in [-0.2, 0) is 11.4 Å². The number of ether oxygens (including phenoxy) is 1. The number of nitrogens with zero attached hydrogens (tertiary/aromatic N) is 1. The van der Waals surface area contributed by atoms with Gasteiger partial charge >= 0.3 is 0 Å². The first-order valence-electron chi connectivity index (χ1n) is 5.84. The van der Waals surface area contributed by atoms with E-state index in [4.69, 9.17) is 9.57 Å². The minimum atomic E-state index is 0.359. The molecule has 1 aliphatic carbocycles. The monoisotopic (exact) mass is 220 g/mol. The fraction of sp³-hybridized carbons (Fsp3) is 0.538. The lowest BCUT2D eigenvalue weighted by Crippen LogP contribution is -2.15. The Balaban J connectivity index is 1.71. The molecule has 2 rings (SSSR count). The maximum Gasteiger partial charge on any atom is 0.118 e. The van der Waals surface area contributed by atoms with Crippen molar-refractivity contribution in [2.24, 2.45) is 0 Å². The predicted octanol–water partition coefficient (Wildman–Crippen LogP) is 2.67. The lowest BCUT2D eigenvalue weighted by atomic mass is 10.2. The van der Waals surface area contributed by atoms with Crippen LogP contribution >= 0.6 is 0 Å². The molecule has 0 aliphatic heterocycles. The summed E-state index contributed by atoms with van der Waals surface area (Å²) in [5.41, 5.74) is 5.29. The van der Waals surface area contributed by atoms with Crippen molar-refractivity contribution in [3.63, 3.8) is 0 Å². The fourth-order valence-electron chi connectivity index (χ4n) is 1.94. The molecule has 0 spiro atoms. The minimum absolute atomic E-state index is 0.359. The maximum absolute atomic E-state index is 5.46. The van der Waals surface area contributed by atoms with Crippen molar-refractivity contribution in [2.45, 2.75) is 38.3 Å². The highest BCUT2D eigenvalue weighted by atomic mass is 16.7. The zero-order valence-corrected chi connectivity index (χ0v) is 9.69. The summed E-state index contributed by atoms with van der Waals surface area (Å²) in [6, 6.07) is 7.92. The molecule has 0 bridgehead atoms. The second-order valence-electron chi connectivity index (χ2n) is 4.15. The third-order valence-electron chi connectivity index (χ3n) is 2.93. The van der Waals surface area contributed by atoms with E-state index in [-0.39, 0.29) is 0 Å². The van der Waals surface area contributed by atoms with Gasteiger partial charge in [-0.05, 0) is 30.5 Å². The van der Waals surface area contributed by atoms with Crippen LogP contribution in [0.3, 0.4) is 0 Å². The molecule has 16 heavy (non-hydrogen) atoms. The molecule has 0 atom stereocenters. The Labute approximate surface area is 96.7 Å². The lowest BCUT2D eigenvalue weighted by Gasteiger charge is -2.09. The third kappa shape index (κ3) is 3.22. The van der Waals surface area contributed by atoms with Crippen LogP contribution in [0.15, 0.2) is 24.3 Å². The number of methoxy groups -OCH3 is 1. The topological polar surface area (TPSA) is 32.6 Å². The summed E-state index contributed by atoms with van der Waals surface area (Å²) in [6.07, 6.45) is 5.24. The van der Waals surface area contributed by atoms with Crippen molar-refractivity contribution >= 4 is 0 Å². The van der Waals surface area contributed by atoms with Crippen molar-refractivity contribution in [2.75, 3.05) is 7.11 Å². The second kappa shape index (κ2) is 5.87. The SMILES string of the molecule is COc1ccc(C[N]OC2CCCC2)cc1. The van der Waals surface area contributed by atoms with Gasteiger partial charge in [0.25, 0.3) is 0 Å². The van der Waals surface area contributed by atoms with Gasteiger partial charge in [0.05, 0.1) is 19.8 Å². The Morgan fingerprint density at radius 2 is 1.88 bits per heavy atom. The zero-order chi connectivity index (χ0) is 11.2. The van der Waals surface area contributed by atoms with E-state index in [9.17, 15) is 0 Å². The van der Waals surface area contributed by atoms with Crippen molar-refractivity contribution in [1.29, 1.82) is 0 Å². The van der Waals surface area contributed by atoms with Gasteiger partial charge in [0.1, 0.15) is 5.75 Å². The van der Waals surface area contributed by atoms with Gasteiger partial charge in [0.15, 0.2) is 0 Å². The van der Waals surface area contributed by atoms with E-state index in [2.05, 4.69) is 5.48 Å². The van der Waals surface area contributed by atoms with E-state index in [1.165, 1.54) is 12.8 Å². The average molecular weight is 220 g/mol. The normalized spacial score (nSPS) is 16.6. The van der Waals surface area contributed by atoms with E-state index in [0.29, 0.717) is 12.6 Å². The molecule has 1 radical (unpaired) electrons. The number of hydrogen-bond donors (Lipinski definition) is 0. The van der Waals surface area contributed by atoms with Crippen molar-refractivity contribution in [1.82, 2.24) is 5.48 Å². The van der Waals surface area contributed by atoms with Gasteiger partial charge in [-0.1, -0.05) is 30.5 Å². The maximum atomic E-state index is 5.46. The molecule has 3 heteroatoms. The molecular weight excluding hydrogens is 202 g/mol. The average Bonchev–Trinajstić information content (AvgIpc) is 2.83. The van der Waals surface area contributed by atoms with Crippen LogP contribution in [-0.4, -0.2) is 13.2 Å². The summed E-state index contributed by atoms with van der Waals surface area (Å²) in [5, 5.41) is 0. The summed E-state index contributed by atoms with van der Waals surface area (Å²) in [5.74, 6) is 0.875. The molecule has 0 heterocycles. The smallest absolute Gasteiger partial charge is 0.118 e. The molecule has 1 aliphatic rings. The number of rotatable bonds is 5. The quantitative estimate of drug-likeness (QED) is 0.715. The Hall–Kier alpha value is -1.06. The molecule has 3 nitrogen and oxygen atoms in total. The highest BCUT2D eigenvalue weighted by Gasteiger charge is 2.15. The van der Waals surface area contributed by atoms with Gasteiger partial charge in [-0.25, -0.2) is 0 Å². The molecule has 0 aromatic heterocycles. The van der Waals surface area contributed by atoms with Crippen LogP contribution in [0.1, 0.15) is 31.2 Å². The summed E-state index contributed by atoms with van der Waals surface area (Å²) < 4.78 is 5.09. The molecule has 1 aromatic carbocycles. The van der Waals surface area contributed by atoms with E-state index in [1.807, 2.05) is 24.3 Å². The van der Waals surface area contributed by atoms with Gasteiger partial charge < -0.3 is 4.74 Å². The number of hydroxylamine groups is 1. The number of hydrogen-bond acceptors (Lipinski definition) is 2. The van der Waals surface area contributed by atoms with Crippen LogP contribution in [0.5, 0.6) is 5.75 Å². The van der Waals surface area contributed by atoms with Crippen LogP contribution < -0.4 is 10.2 Å². The van der Waals surface area contributed by atoms with Gasteiger partial charge in [-0.3, -0.25) is 4.84 Å². The predicted molar refractivity (Wildman–Crippen MR) is 62.2 cm³/mol. The molecule has 1 saturated carbocycles. The van der Waals surface area contributed by atoms with Crippen LogP contribution in [0.25, 0.3) is 0 Å². The van der Waals surface area contributed by atoms with Crippen LogP contribution in [0, 0.1) is 0 Å². The Morgan fingerprint density at radius 1 is 1.19 bits per heavy atom. The second-order valence-corrected chi connectivity index (χ2v) is 4.15. The van der Waals surface area contributed by atoms with E-state index in [0.717, 1.165) is 24.2 Å². The minimum Gasteiger partial charge on any atom is -0.497 e. The molecule has 0 unspecified atom stereocenters. The number of benzene rings is 1. The summed E-state index contributed by atoms with van der Waals surface area (Å²) in [4.78, 5) is 5.46. The van der Waals surface area contributed by atoms with Crippen LogP contribution in [0.4, 0.5) is 0 Å². The first kappa shape index (κ1) is 11.4. The largest absolute Gasteiger partial charge is 0.497 e. The van der Waals surface area contributed by atoms with Crippen molar-refractivity contribution < 1.29 is 9.57 Å². The van der Waals surface area contributed by atoms with Gasteiger partial charge in [0, 0.05) is 0 Å². The molecule has 87 valence electrons. The molecular formula is C13H18NO2. The first-order valence-corrected chi connectivity index (χ1v) is 5.84. The first-order chi connectivity index (χ1) is 7.88. The summed E-state index contributed by atoms with van der Waals surface area (Å²) in [6.45, 7) is 0.625. The fourth-order valence-corrected chi connectivity index (χ4v) is 1.94. The van der Waals surface area contributed by atoms with Gasteiger partial charge in [-0.15, -0.1) is 0 Å². The van der Waals surface area contributed by atoms with Crippen molar-refractivity contribution in [3.8, 4) is 5.75 Å². The molecule has 0 N–H and O–H groups in total. The summed E-state index contributed by atoms with van der Waals surface area (Å²) >= 11 is 0. The Morgan fingerprint density at radius 3 is 2.50 bits per heavy atom. The van der Waals surface area contributed by atoms with E-state index in [1.54, 1.807) is 7.11 Å². The molecule has 0 saturated heterocycles. The highest BCUT2D eigenvalue weighted by molar-refractivity contribution is 5.26. The van der Waals surface area contributed by atoms with Gasteiger partial charge in [0.2, 0.25) is 0 Å². The Bertz CT molecular complexity index is 304. The van der Waals surface area contributed by atoms with E-state index >= 15 is 0 Å². The summed E-state index contributed by atoms with van der Waals surface area (Å²) in [7, 11) is 1.67. The molecule has 0 amide bonds. The molecule has 1 aromatic rings. The Kier molecular flexibility index (Phi) is 4.19.